The van der Waals surface area contributed by atoms with Gasteiger partial charge in [-0.25, -0.2) is 13.6 Å². The van der Waals surface area contributed by atoms with Crippen molar-refractivity contribution in [3.63, 3.8) is 0 Å². The van der Waals surface area contributed by atoms with E-state index in [-0.39, 0.29) is 22.9 Å². The smallest absolute Gasteiger partial charge is 0.262 e. The van der Waals surface area contributed by atoms with Crippen LogP contribution in [0.4, 0.5) is 5.69 Å². The van der Waals surface area contributed by atoms with Gasteiger partial charge in [0.25, 0.3) is 5.91 Å². The molecule has 0 heterocycles. The number of sulfonamides is 1. The minimum atomic E-state index is -4.01. The number of nitrogens with two attached hydrogens (primary N) is 1. The molecule has 150 valence electrons. The van der Waals surface area contributed by atoms with Gasteiger partial charge in [0.2, 0.25) is 10.0 Å². The number of benzene rings is 2. The van der Waals surface area contributed by atoms with E-state index in [0.717, 1.165) is 5.56 Å². The van der Waals surface area contributed by atoms with E-state index >= 15 is 0 Å². The van der Waals surface area contributed by atoms with Crippen molar-refractivity contribution in [3.05, 3.63) is 48.0 Å². The van der Waals surface area contributed by atoms with Crippen LogP contribution in [0.25, 0.3) is 6.08 Å². The van der Waals surface area contributed by atoms with Gasteiger partial charge in [-0.3, -0.25) is 4.79 Å². The SMILES string of the molecule is C/C=C/c1ccc(OCC(=O)Nc2ccc(OC)c(S(N)(=O)=O)c2)c(OC)c1. The molecule has 0 saturated carbocycles. The van der Waals surface area contributed by atoms with Gasteiger partial charge in [-0.2, -0.15) is 0 Å². The molecule has 0 radical (unpaired) electrons. The van der Waals surface area contributed by atoms with Gasteiger partial charge in [-0.1, -0.05) is 18.2 Å². The minimum absolute atomic E-state index is 0.0858. The zero-order chi connectivity index (χ0) is 20.7. The number of primary sulfonamides is 1. The number of ether oxygens (including phenoxy) is 3. The Balaban J connectivity index is 2.09. The molecule has 0 bridgehead atoms. The van der Waals surface area contributed by atoms with Crippen LogP contribution >= 0.6 is 0 Å². The lowest BCUT2D eigenvalue weighted by atomic mass is 10.2. The molecule has 0 aromatic heterocycles. The summed E-state index contributed by atoms with van der Waals surface area (Å²) in [7, 11) is -1.17. The summed E-state index contributed by atoms with van der Waals surface area (Å²) in [5, 5.41) is 7.72. The Kier molecular flexibility index (Phi) is 7.02. The van der Waals surface area contributed by atoms with Crippen LogP contribution in [-0.4, -0.2) is 35.2 Å². The maximum atomic E-state index is 12.2. The quantitative estimate of drug-likeness (QED) is 0.695. The Morgan fingerprint density at radius 2 is 1.75 bits per heavy atom. The number of nitrogens with one attached hydrogen (secondary N) is 1. The van der Waals surface area contributed by atoms with Crippen molar-refractivity contribution in [2.75, 3.05) is 26.1 Å². The monoisotopic (exact) mass is 406 g/mol. The molecule has 8 nitrogen and oxygen atoms in total. The molecular formula is C19H22N2O6S. The maximum absolute atomic E-state index is 12.2. The van der Waals surface area contributed by atoms with Crippen LogP contribution in [0.2, 0.25) is 0 Å². The van der Waals surface area contributed by atoms with Crippen LogP contribution < -0.4 is 24.7 Å². The third-order valence-electron chi connectivity index (χ3n) is 3.66. The van der Waals surface area contributed by atoms with E-state index in [1.54, 1.807) is 12.1 Å². The van der Waals surface area contributed by atoms with E-state index in [1.807, 2.05) is 25.1 Å². The van der Waals surface area contributed by atoms with Crippen molar-refractivity contribution < 1.29 is 27.4 Å². The second kappa shape index (κ2) is 9.25. The fraction of sp³-hybridized carbons (Fsp3) is 0.211. The first-order valence-corrected chi connectivity index (χ1v) is 9.77. The predicted molar refractivity (Wildman–Crippen MR) is 106 cm³/mol. The van der Waals surface area contributed by atoms with Crippen LogP contribution in [0.1, 0.15) is 12.5 Å². The first-order valence-electron chi connectivity index (χ1n) is 8.22. The van der Waals surface area contributed by atoms with Gasteiger partial charge in [0.1, 0.15) is 10.6 Å². The number of allylic oxidation sites excluding steroid dienone is 1. The highest BCUT2D eigenvalue weighted by Gasteiger charge is 2.16. The van der Waals surface area contributed by atoms with Crippen molar-refractivity contribution >= 4 is 27.7 Å². The van der Waals surface area contributed by atoms with Gasteiger partial charge >= 0.3 is 0 Å². The molecule has 9 heteroatoms. The Labute approximate surface area is 164 Å². The van der Waals surface area contributed by atoms with Gasteiger partial charge in [0, 0.05) is 5.69 Å². The van der Waals surface area contributed by atoms with Crippen LogP contribution in [0, 0.1) is 0 Å². The van der Waals surface area contributed by atoms with Gasteiger partial charge < -0.3 is 19.5 Å². The topological polar surface area (TPSA) is 117 Å². The number of rotatable bonds is 8. The lowest BCUT2D eigenvalue weighted by Gasteiger charge is -2.12. The summed E-state index contributed by atoms with van der Waals surface area (Å²) >= 11 is 0. The van der Waals surface area contributed by atoms with Crippen molar-refractivity contribution in [3.8, 4) is 17.2 Å². The fourth-order valence-electron chi connectivity index (χ4n) is 2.42. The first-order chi connectivity index (χ1) is 13.3. The fourth-order valence-corrected chi connectivity index (χ4v) is 3.14. The molecule has 0 saturated heterocycles. The highest BCUT2D eigenvalue weighted by atomic mass is 32.2. The average molecular weight is 406 g/mol. The van der Waals surface area contributed by atoms with Gasteiger partial charge in [0.05, 0.1) is 14.2 Å². The Hall–Kier alpha value is -3.04. The Morgan fingerprint density at radius 1 is 1.07 bits per heavy atom. The summed E-state index contributed by atoms with van der Waals surface area (Å²) in [5.74, 6) is 0.503. The van der Waals surface area contributed by atoms with Gasteiger partial charge in [0.15, 0.2) is 18.1 Å². The molecular weight excluding hydrogens is 384 g/mol. The molecule has 0 aliphatic heterocycles. The molecule has 0 unspecified atom stereocenters. The zero-order valence-corrected chi connectivity index (χ0v) is 16.6. The van der Waals surface area contributed by atoms with Gasteiger partial charge in [-0.05, 0) is 42.8 Å². The predicted octanol–water partition coefficient (Wildman–Crippen LogP) is 2.40. The largest absolute Gasteiger partial charge is 0.495 e. The Bertz CT molecular complexity index is 986. The molecule has 0 aliphatic rings. The molecule has 2 rings (SSSR count). The third kappa shape index (κ3) is 5.48. The van der Waals surface area contributed by atoms with E-state index in [0.29, 0.717) is 11.5 Å². The minimum Gasteiger partial charge on any atom is -0.495 e. The number of anilines is 1. The molecule has 0 spiro atoms. The number of carbonyl (C=O) groups excluding carboxylic acids is 1. The maximum Gasteiger partial charge on any atom is 0.262 e. The molecule has 0 aliphatic carbocycles. The standard InChI is InChI=1S/C19H22N2O6S/c1-4-5-13-6-8-15(17(10-13)26-3)27-12-19(22)21-14-7-9-16(25-2)18(11-14)28(20,23)24/h4-11H,12H2,1-3H3,(H,21,22)(H2,20,23,24)/b5-4+. The second-order valence-corrected chi connectivity index (χ2v) is 7.19. The van der Waals surface area contributed by atoms with Crippen molar-refractivity contribution in [2.45, 2.75) is 11.8 Å². The second-order valence-electron chi connectivity index (χ2n) is 5.66. The highest BCUT2D eigenvalue weighted by Crippen LogP contribution is 2.29. The molecule has 0 atom stereocenters. The van der Waals surface area contributed by atoms with Crippen molar-refractivity contribution in [1.82, 2.24) is 0 Å². The molecule has 28 heavy (non-hydrogen) atoms. The van der Waals surface area contributed by atoms with Gasteiger partial charge in [-0.15, -0.1) is 0 Å². The van der Waals surface area contributed by atoms with Crippen molar-refractivity contribution in [2.24, 2.45) is 5.14 Å². The van der Waals surface area contributed by atoms with Crippen LogP contribution in [0.5, 0.6) is 17.2 Å². The van der Waals surface area contributed by atoms with E-state index in [4.69, 9.17) is 19.3 Å². The number of hydrogen-bond acceptors (Lipinski definition) is 6. The number of carbonyl (C=O) groups is 1. The van der Waals surface area contributed by atoms with Crippen LogP contribution in [0.3, 0.4) is 0 Å². The summed E-state index contributed by atoms with van der Waals surface area (Å²) in [6.45, 7) is 1.61. The lowest BCUT2D eigenvalue weighted by molar-refractivity contribution is -0.118. The molecule has 3 N–H and O–H groups in total. The summed E-state index contributed by atoms with van der Waals surface area (Å²) in [4.78, 5) is 11.9. The number of methoxy groups -OCH3 is 2. The summed E-state index contributed by atoms with van der Waals surface area (Å²) < 4.78 is 39.1. The molecule has 0 fully saturated rings. The van der Waals surface area contributed by atoms with E-state index < -0.39 is 15.9 Å². The zero-order valence-electron chi connectivity index (χ0n) is 15.8. The summed E-state index contributed by atoms with van der Waals surface area (Å²) in [6.07, 6.45) is 3.80. The van der Waals surface area contributed by atoms with E-state index in [9.17, 15) is 13.2 Å². The highest BCUT2D eigenvalue weighted by molar-refractivity contribution is 7.89. The normalized spacial score (nSPS) is 11.3. The third-order valence-corrected chi connectivity index (χ3v) is 4.59. The molecule has 2 aromatic carbocycles. The van der Waals surface area contributed by atoms with Crippen LogP contribution in [0.15, 0.2) is 47.4 Å². The number of amides is 1. The first kappa shape index (κ1) is 21.3. The summed E-state index contributed by atoms with van der Waals surface area (Å²) in [5.41, 5.74) is 1.18. The number of hydrogen-bond donors (Lipinski definition) is 2. The lowest BCUT2D eigenvalue weighted by Crippen LogP contribution is -2.21. The van der Waals surface area contributed by atoms with Crippen molar-refractivity contribution in [1.29, 1.82) is 0 Å². The Morgan fingerprint density at radius 3 is 2.36 bits per heavy atom. The van der Waals surface area contributed by atoms with Crippen LogP contribution in [-0.2, 0) is 14.8 Å². The average Bonchev–Trinajstić information content (AvgIpc) is 2.66. The van der Waals surface area contributed by atoms with E-state index in [2.05, 4.69) is 5.32 Å². The molecule has 2 aromatic rings. The van der Waals surface area contributed by atoms with E-state index in [1.165, 1.54) is 32.4 Å². The summed E-state index contributed by atoms with van der Waals surface area (Å²) in [6, 6.07) is 9.44. The molecule has 1 amide bonds.